The second-order valence-electron chi connectivity index (χ2n) is 7.64. The molecule has 4 nitrogen and oxygen atoms in total. The van der Waals surface area contributed by atoms with Crippen molar-refractivity contribution in [2.75, 3.05) is 13.1 Å². The zero-order valence-electron chi connectivity index (χ0n) is 14.9. The standard InChI is InChI=1S/C18H29NO3S/c1-14(2)12-18(5)10-11-19(13-18)23(20,21)17-8-6-16(7-9-17)22-15(3)4/h6-9,14-15H,10-13H2,1-5H3. The highest BCUT2D eigenvalue weighted by molar-refractivity contribution is 7.89. The van der Waals surface area contributed by atoms with Crippen LogP contribution in [0.1, 0.15) is 47.5 Å². The van der Waals surface area contributed by atoms with Crippen LogP contribution in [0.2, 0.25) is 0 Å². The minimum atomic E-state index is -3.41. The molecular weight excluding hydrogens is 310 g/mol. The average molecular weight is 340 g/mol. The van der Waals surface area contributed by atoms with Gasteiger partial charge in [0.2, 0.25) is 10.0 Å². The Labute approximate surface area is 140 Å². The van der Waals surface area contributed by atoms with Crippen LogP contribution in [0, 0.1) is 11.3 Å². The molecule has 1 heterocycles. The molecule has 0 N–H and O–H groups in total. The highest BCUT2D eigenvalue weighted by Gasteiger charge is 2.39. The summed E-state index contributed by atoms with van der Waals surface area (Å²) in [7, 11) is -3.41. The summed E-state index contributed by atoms with van der Waals surface area (Å²) in [6.45, 7) is 11.7. The predicted molar refractivity (Wildman–Crippen MR) is 93.1 cm³/mol. The molecule has 0 saturated carbocycles. The van der Waals surface area contributed by atoms with Crippen LogP contribution >= 0.6 is 0 Å². The lowest BCUT2D eigenvalue weighted by Gasteiger charge is -2.26. The molecule has 0 aliphatic carbocycles. The van der Waals surface area contributed by atoms with Crippen molar-refractivity contribution < 1.29 is 13.2 Å². The van der Waals surface area contributed by atoms with Gasteiger partial charge in [-0.25, -0.2) is 8.42 Å². The quantitative estimate of drug-likeness (QED) is 0.789. The van der Waals surface area contributed by atoms with E-state index in [0.717, 1.165) is 12.8 Å². The SMILES string of the molecule is CC(C)CC1(C)CCN(S(=O)(=O)c2ccc(OC(C)C)cc2)C1. The second kappa shape index (κ2) is 6.81. The summed E-state index contributed by atoms with van der Waals surface area (Å²) in [5.41, 5.74) is 0.0852. The Balaban J connectivity index is 2.13. The van der Waals surface area contributed by atoms with Crippen molar-refractivity contribution in [3.8, 4) is 5.75 Å². The van der Waals surface area contributed by atoms with Gasteiger partial charge in [-0.3, -0.25) is 0 Å². The zero-order valence-corrected chi connectivity index (χ0v) is 15.7. The molecule has 5 heteroatoms. The number of ether oxygens (including phenoxy) is 1. The summed E-state index contributed by atoms with van der Waals surface area (Å²) in [6.07, 6.45) is 2.06. The summed E-state index contributed by atoms with van der Waals surface area (Å²) in [5, 5.41) is 0. The first kappa shape index (κ1) is 18.3. The summed E-state index contributed by atoms with van der Waals surface area (Å²) >= 11 is 0. The van der Waals surface area contributed by atoms with Gasteiger partial charge < -0.3 is 4.74 Å². The lowest BCUT2D eigenvalue weighted by Crippen LogP contribution is -2.31. The van der Waals surface area contributed by atoms with Crippen LogP contribution in [0.3, 0.4) is 0 Å². The van der Waals surface area contributed by atoms with E-state index in [9.17, 15) is 8.42 Å². The molecule has 1 atom stereocenters. The smallest absolute Gasteiger partial charge is 0.243 e. The molecule has 2 rings (SSSR count). The molecule has 1 saturated heterocycles. The Morgan fingerprint density at radius 1 is 1.17 bits per heavy atom. The Hall–Kier alpha value is -1.07. The largest absolute Gasteiger partial charge is 0.491 e. The number of nitrogens with zero attached hydrogens (tertiary/aromatic N) is 1. The molecule has 0 radical (unpaired) electrons. The fourth-order valence-electron chi connectivity index (χ4n) is 3.45. The van der Waals surface area contributed by atoms with Crippen molar-refractivity contribution in [1.29, 1.82) is 0 Å². The minimum absolute atomic E-state index is 0.0766. The second-order valence-corrected chi connectivity index (χ2v) is 9.57. The van der Waals surface area contributed by atoms with E-state index in [2.05, 4.69) is 20.8 Å². The molecule has 1 fully saturated rings. The predicted octanol–water partition coefficient (Wildman–Crippen LogP) is 3.92. The van der Waals surface area contributed by atoms with E-state index in [4.69, 9.17) is 4.74 Å². The Bertz CT molecular complexity index is 622. The molecule has 0 amide bonds. The van der Waals surface area contributed by atoms with Crippen molar-refractivity contribution in [2.45, 2.75) is 58.5 Å². The molecular formula is C18H29NO3S. The molecule has 0 spiro atoms. The monoisotopic (exact) mass is 339 g/mol. The summed E-state index contributed by atoms with van der Waals surface area (Å²) in [4.78, 5) is 0.349. The molecule has 1 unspecified atom stereocenters. The summed E-state index contributed by atoms with van der Waals surface area (Å²) < 4.78 is 32.9. The average Bonchev–Trinajstić information content (AvgIpc) is 2.80. The number of hydrogen-bond acceptors (Lipinski definition) is 3. The summed E-state index contributed by atoms with van der Waals surface area (Å²) in [5.74, 6) is 1.28. The van der Waals surface area contributed by atoms with Crippen LogP contribution in [-0.4, -0.2) is 31.9 Å². The van der Waals surface area contributed by atoms with Crippen LogP contribution in [0.15, 0.2) is 29.2 Å². The maximum Gasteiger partial charge on any atom is 0.243 e. The fraction of sp³-hybridized carbons (Fsp3) is 0.667. The lowest BCUT2D eigenvalue weighted by atomic mass is 9.81. The van der Waals surface area contributed by atoms with E-state index in [1.165, 1.54) is 0 Å². The zero-order chi connectivity index (χ0) is 17.3. The Kier molecular flexibility index (Phi) is 5.41. The van der Waals surface area contributed by atoms with Gasteiger partial charge in [-0.15, -0.1) is 0 Å². The van der Waals surface area contributed by atoms with Gasteiger partial charge in [0.05, 0.1) is 11.0 Å². The number of benzene rings is 1. The van der Waals surface area contributed by atoms with Gasteiger partial charge in [-0.05, 0) is 62.3 Å². The van der Waals surface area contributed by atoms with E-state index in [0.29, 0.717) is 29.7 Å². The maximum absolute atomic E-state index is 12.8. The molecule has 0 bridgehead atoms. The van der Waals surface area contributed by atoms with E-state index >= 15 is 0 Å². The molecule has 0 aromatic heterocycles. The molecule has 1 aromatic carbocycles. The Morgan fingerprint density at radius 3 is 2.30 bits per heavy atom. The number of hydrogen-bond donors (Lipinski definition) is 0. The van der Waals surface area contributed by atoms with Crippen molar-refractivity contribution in [3.63, 3.8) is 0 Å². The normalized spacial score (nSPS) is 22.9. The van der Waals surface area contributed by atoms with Gasteiger partial charge in [0, 0.05) is 13.1 Å². The van der Waals surface area contributed by atoms with Crippen LogP contribution in [0.25, 0.3) is 0 Å². The van der Waals surface area contributed by atoms with Crippen molar-refractivity contribution in [2.24, 2.45) is 11.3 Å². The lowest BCUT2D eigenvalue weighted by molar-refractivity contribution is 0.242. The minimum Gasteiger partial charge on any atom is -0.491 e. The van der Waals surface area contributed by atoms with Crippen LogP contribution < -0.4 is 4.74 Å². The van der Waals surface area contributed by atoms with Crippen LogP contribution in [0.5, 0.6) is 5.75 Å². The molecule has 1 aromatic rings. The van der Waals surface area contributed by atoms with E-state index in [-0.39, 0.29) is 11.5 Å². The first-order valence-corrected chi connectivity index (χ1v) is 9.83. The highest BCUT2D eigenvalue weighted by atomic mass is 32.2. The third-order valence-electron chi connectivity index (χ3n) is 4.26. The van der Waals surface area contributed by atoms with Gasteiger partial charge in [0.1, 0.15) is 5.75 Å². The van der Waals surface area contributed by atoms with Gasteiger partial charge in [0.25, 0.3) is 0 Å². The molecule has 23 heavy (non-hydrogen) atoms. The van der Waals surface area contributed by atoms with Crippen molar-refractivity contribution in [3.05, 3.63) is 24.3 Å². The van der Waals surface area contributed by atoms with Gasteiger partial charge in [0.15, 0.2) is 0 Å². The van der Waals surface area contributed by atoms with E-state index in [1.54, 1.807) is 28.6 Å². The fourth-order valence-corrected chi connectivity index (χ4v) is 5.04. The third kappa shape index (κ3) is 4.48. The molecule has 1 aliphatic rings. The number of rotatable bonds is 6. The van der Waals surface area contributed by atoms with Crippen LogP contribution in [0.4, 0.5) is 0 Å². The van der Waals surface area contributed by atoms with Crippen molar-refractivity contribution >= 4 is 10.0 Å². The van der Waals surface area contributed by atoms with Gasteiger partial charge in [-0.1, -0.05) is 20.8 Å². The van der Waals surface area contributed by atoms with Gasteiger partial charge in [-0.2, -0.15) is 4.31 Å². The number of sulfonamides is 1. The highest BCUT2D eigenvalue weighted by Crippen LogP contribution is 2.38. The van der Waals surface area contributed by atoms with Gasteiger partial charge >= 0.3 is 0 Å². The van der Waals surface area contributed by atoms with E-state index in [1.807, 2.05) is 13.8 Å². The summed E-state index contributed by atoms with van der Waals surface area (Å²) in [6, 6.07) is 6.75. The van der Waals surface area contributed by atoms with E-state index < -0.39 is 10.0 Å². The maximum atomic E-state index is 12.8. The third-order valence-corrected chi connectivity index (χ3v) is 6.12. The Morgan fingerprint density at radius 2 is 1.78 bits per heavy atom. The topological polar surface area (TPSA) is 46.6 Å². The molecule has 130 valence electrons. The van der Waals surface area contributed by atoms with Crippen LogP contribution in [-0.2, 0) is 10.0 Å². The first-order valence-electron chi connectivity index (χ1n) is 8.39. The molecule has 1 aliphatic heterocycles. The van der Waals surface area contributed by atoms with Crippen molar-refractivity contribution in [1.82, 2.24) is 4.31 Å². The first-order chi connectivity index (χ1) is 10.6.